The highest BCUT2D eigenvalue weighted by atomic mass is 16.1. The molecule has 2 rings (SSSR count). The zero-order chi connectivity index (χ0) is 16.4. The fourth-order valence-electron chi connectivity index (χ4n) is 1.99. The van der Waals surface area contributed by atoms with E-state index in [2.05, 4.69) is 23.8 Å². The average Bonchev–Trinajstić information content (AvgIpc) is 2.49. The maximum Gasteiger partial charge on any atom is 0.267 e. The SMILES string of the molecule is CCCc1ccnc(C(N)=O)c1.CCCc1ccnc(N)c1. The molecule has 0 aromatic carbocycles. The van der Waals surface area contributed by atoms with Crippen LogP contribution in [-0.4, -0.2) is 15.9 Å². The summed E-state index contributed by atoms with van der Waals surface area (Å²) in [5.74, 6) is 0.152. The average molecular weight is 300 g/mol. The number of pyridine rings is 2. The van der Waals surface area contributed by atoms with Gasteiger partial charge >= 0.3 is 0 Å². The van der Waals surface area contributed by atoms with E-state index >= 15 is 0 Å². The molecule has 5 nitrogen and oxygen atoms in total. The third-order valence-corrected chi connectivity index (χ3v) is 3.00. The van der Waals surface area contributed by atoms with E-state index < -0.39 is 5.91 Å². The van der Waals surface area contributed by atoms with Crippen LogP contribution in [0.4, 0.5) is 5.82 Å². The van der Waals surface area contributed by atoms with Crippen molar-refractivity contribution < 1.29 is 4.79 Å². The van der Waals surface area contributed by atoms with Gasteiger partial charge in [-0.1, -0.05) is 26.7 Å². The Balaban J connectivity index is 0.000000224. The number of amides is 1. The molecule has 2 heterocycles. The van der Waals surface area contributed by atoms with E-state index in [1.165, 1.54) is 5.56 Å². The van der Waals surface area contributed by atoms with Crippen molar-refractivity contribution in [3.8, 4) is 0 Å². The molecule has 0 atom stereocenters. The summed E-state index contributed by atoms with van der Waals surface area (Å²) in [6.45, 7) is 4.24. The van der Waals surface area contributed by atoms with Gasteiger partial charge in [-0.15, -0.1) is 0 Å². The number of hydrogen-bond acceptors (Lipinski definition) is 4. The van der Waals surface area contributed by atoms with Gasteiger partial charge in [-0.3, -0.25) is 9.78 Å². The van der Waals surface area contributed by atoms with Crippen molar-refractivity contribution in [1.82, 2.24) is 9.97 Å². The quantitative estimate of drug-likeness (QED) is 0.887. The minimum absolute atomic E-state index is 0.348. The van der Waals surface area contributed by atoms with Gasteiger partial charge in [0.2, 0.25) is 0 Å². The fraction of sp³-hybridized carbons (Fsp3) is 0.353. The minimum atomic E-state index is -0.465. The first-order valence-corrected chi connectivity index (χ1v) is 7.52. The lowest BCUT2D eigenvalue weighted by atomic mass is 10.1. The second kappa shape index (κ2) is 9.50. The number of carbonyl (C=O) groups excluding carboxylic acids is 1. The topological polar surface area (TPSA) is 94.9 Å². The standard InChI is InChI=1S/C9H12N2O.C8H12N2/c1-2-3-7-4-5-11-8(6-7)9(10)12;1-2-3-7-4-5-10-8(9)6-7/h4-6H,2-3H2,1H3,(H2,10,12);4-6H,2-3H2,1H3,(H2,9,10). The first-order valence-electron chi connectivity index (χ1n) is 7.52. The maximum absolute atomic E-state index is 10.7. The number of nitrogens with two attached hydrogens (primary N) is 2. The van der Waals surface area contributed by atoms with Crippen LogP contribution in [0, 0.1) is 0 Å². The van der Waals surface area contributed by atoms with Crippen molar-refractivity contribution in [2.75, 3.05) is 5.73 Å². The number of hydrogen-bond donors (Lipinski definition) is 2. The molecule has 5 heteroatoms. The second-order valence-corrected chi connectivity index (χ2v) is 5.00. The van der Waals surface area contributed by atoms with E-state index in [0.29, 0.717) is 11.5 Å². The zero-order valence-electron chi connectivity index (χ0n) is 13.2. The van der Waals surface area contributed by atoms with Crippen molar-refractivity contribution in [2.45, 2.75) is 39.5 Å². The van der Waals surface area contributed by atoms with Gasteiger partial charge in [0.25, 0.3) is 5.91 Å². The molecule has 0 radical (unpaired) electrons. The van der Waals surface area contributed by atoms with E-state index in [-0.39, 0.29) is 0 Å². The van der Waals surface area contributed by atoms with E-state index in [1.54, 1.807) is 18.5 Å². The van der Waals surface area contributed by atoms with Crippen LogP contribution in [0.25, 0.3) is 0 Å². The lowest BCUT2D eigenvalue weighted by Crippen LogP contribution is -2.13. The van der Waals surface area contributed by atoms with Crippen LogP contribution in [0.15, 0.2) is 36.7 Å². The predicted molar refractivity (Wildman–Crippen MR) is 89.4 cm³/mol. The van der Waals surface area contributed by atoms with Crippen molar-refractivity contribution in [3.05, 3.63) is 53.5 Å². The lowest BCUT2D eigenvalue weighted by Gasteiger charge is -1.99. The monoisotopic (exact) mass is 300 g/mol. The van der Waals surface area contributed by atoms with Crippen molar-refractivity contribution in [1.29, 1.82) is 0 Å². The Labute approximate surface area is 131 Å². The van der Waals surface area contributed by atoms with Crippen molar-refractivity contribution in [2.24, 2.45) is 5.73 Å². The molecule has 0 fully saturated rings. The highest BCUT2D eigenvalue weighted by molar-refractivity contribution is 5.90. The van der Waals surface area contributed by atoms with Gasteiger partial charge in [-0.25, -0.2) is 4.98 Å². The summed E-state index contributed by atoms with van der Waals surface area (Å²) >= 11 is 0. The van der Waals surface area contributed by atoms with Crippen LogP contribution >= 0.6 is 0 Å². The summed E-state index contributed by atoms with van der Waals surface area (Å²) < 4.78 is 0. The van der Waals surface area contributed by atoms with Gasteiger partial charge in [0.1, 0.15) is 11.5 Å². The molecule has 22 heavy (non-hydrogen) atoms. The van der Waals surface area contributed by atoms with Gasteiger partial charge in [0.05, 0.1) is 0 Å². The number of nitrogens with zero attached hydrogens (tertiary/aromatic N) is 2. The Hall–Kier alpha value is -2.43. The van der Waals surface area contributed by atoms with Gasteiger partial charge in [-0.05, 0) is 48.2 Å². The predicted octanol–water partition coefficient (Wildman–Crippen LogP) is 2.75. The molecule has 0 aliphatic carbocycles. The Morgan fingerprint density at radius 3 is 2.05 bits per heavy atom. The molecule has 0 bridgehead atoms. The summed E-state index contributed by atoms with van der Waals surface area (Å²) in [5, 5.41) is 0. The van der Waals surface area contributed by atoms with Gasteiger partial charge < -0.3 is 11.5 Å². The summed E-state index contributed by atoms with van der Waals surface area (Å²) in [4.78, 5) is 18.5. The number of aromatic nitrogens is 2. The largest absolute Gasteiger partial charge is 0.384 e. The van der Waals surface area contributed by atoms with Crippen molar-refractivity contribution >= 4 is 11.7 Å². The molecule has 2 aromatic heterocycles. The van der Waals surface area contributed by atoms with E-state index in [9.17, 15) is 4.79 Å². The molecule has 0 saturated heterocycles. The molecule has 0 aliphatic rings. The van der Waals surface area contributed by atoms with E-state index in [0.717, 1.165) is 31.2 Å². The second-order valence-electron chi connectivity index (χ2n) is 5.00. The van der Waals surface area contributed by atoms with Gasteiger partial charge in [-0.2, -0.15) is 0 Å². The molecule has 0 aliphatic heterocycles. The Morgan fingerprint density at radius 1 is 1.00 bits per heavy atom. The van der Waals surface area contributed by atoms with Gasteiger partial charge in [0, 0.05) is 12.4 Å². The van der Waals surface area contributed by atoms with Crippen LogP contribution in [0.3, 0.4) is 0 Å². The summed E-state index contributed by atoms with van der Waals surface area (Å²) in [6, 6.07) is 7.56. The molecule has 0 spiro atoms. The van der Waals surface area contributed by atoms with Crippen molar-refractivity contribution in [3.63, 3.8) is 0 Å². The Bertz CT molecular complexity index is 599. The lowest BCUT2D eigenvalue weighted by molar-refractivity contribution is 0.0995. The van der Waals surface area contributed by atoms with E-state index in [1.807, 2.05) is 18.2 Å². The normalized spacial score (nSPS) is 9.73. The number of anilines is 1. The first-order chi connectivity index (χ1) is 10.6. The summed E-state index contributed by atoms with van der Waals surface area (Å²) in [5.41, 5.74) is 13.3. The number of rotatable bonds is 5. The fourth-order valence-corrected chi connectivity index (χ4v) is 1.99. The minimum Gasteiger partial charge on any atom is -0.384 e. The third kappa shape index (κ3) is 6.35. The maximum atomic E-state index is 10.7. The highest BCUT2D eigenvalue weighted by Crippen LogP contribution is 2.05. The van der Waals surface area contributed by atoms with Crippen LogP contribution in [0.1, 0.15) is 48.3 Å². The number of primary amides is 1. The number of nitrogen functional groups attached to an aromatic ring is 1. The molecule has 1 amide bonds. The smallest absolute Gasteiger partial charge is 0.267 e. The van der Waals surface area contributed by atoms with Gasteiger partial charge in [0.15, 0.2) is 0 Å². The first kappa shape index (κ1) is 17.6. The summed E-state index contributed by atoms with van der Waals surface area (Å²) in [7, 11) is 0. The van der Waals surface area contributed by atoms with Crippen LogP contribution < -0.4 is 11.5 Å². The Morgan fingerprint density at radius 2 is 1.55 bits per heavy atom. The van der Waals surface area contributed by atoms with Crippen LogP contribution in [0.2, 0.25) is 0 Å². The Kier molecular flexibility index (Phi) is 7.61. The molecule has 4 N–H and O–H groups in total. The molecule has 0 unspecified atom stereocenters. The zero-order valence-corrected chi connectivity index (χ0v) is 13.2. The number of aryl methyl sites for hydroxylation is 2. The molecular formula is C17H24N4O. The molecular weight excluding hydrogens is 276 g/mol. The van der Waals surface area contributed by atoms with E-state index in [4.69, 9.17) is 11.5 Å². The highest BCUT2D eigenvalue weighted by Gasteiger charge is 2.01. The summed E-state index contributed by atoms with van der Waals surface area (Å²) in [6.07, 6.45) is 7.63. The molecule has 118 valence electrons. The molecule has 2 aromatic rings. The molecule has 0 saturated carbocycles. The third-order valence-electron chi connectivity index (χ3n) is 3.00. The van der Waals surface area contributed by atoms with Crippen LogP contribution in [-0.2, 0) is 12.8 Å². The van der Waals surface area contributed by atoms with Crippen LogP contribution in [0.5, 0.6) is 0 Å². The number of carbonyl (C=O) groups is 1.